The minimum absolute atomic E-state index is 0.121. The highest BCUT2D eigenvalue weighted by Crippen LogP contribution is 2.45. The Hall–Kier alpha value is -5.70. The highest BCUT2D eigenvalue weighted by Gasteiger charge is 2.50. The Bertz CT molecular complexity index is 2040. The van der Waals surface area contributed by atoms with Crippen molar-refractivity contribution in [3.63, 3.8) is 0 Å². The third-order valence-corrected chi connectivity index (χ3v) is 9.24. The molecule has 2 N–H and O–H groups in total. The van der Waals surface area contributed by atoms with Gasteiger partial charge in [0.25, 0.3) is 0 Å². The maximum Gasteiger partial charge on any atom is 0.349 e. The number of imidazole rings is 1. The van der Waals surface area contributed by atoms with E-state index < -0.39 is 35.0 Å². The number of benzene rings is 5. The third kappa shape index (κ3) is 7.29. The second-order valence-electron chi connectivity index (χ2n) is 12.8. The summed E-state index contributed by atoms with van der Waals surface area (Å²) in [4.78, 5) is 23.4. The number of hydrogen-bond donors (Lipinski definition) is 2. The molecule has 0 fully saturated rings. The van der Waals surface area contributed by atoms with E-state index in [2.05, 4.69) is 4.89 Å². The molecule has 0 aliphatic carbocycles. The van der Waals surface area contributed by atoms with Crippen LogP contribution in [0.4, 0.5) is 8.78 Å². The van der Waals surface area contributed by atoms with Crippen LogP contribution in [0.2, 0.25) is 0 Å². The van der Waals surface area contributed by atoms with Crippen molar-refractivity contribution in [1.82, 2.24) is 9.55 Å². The number of carbonyl (C=O) groups excluding carboxylic acids is 1. The van der Waals surface area contributed by atoms with Gasteiger partial charge in [-0.3, -0.25) is 0 Å². The van der Waals surface area contributed by atoms with Gasteiger partial charge < -0.3 is 14.6 Å². The van der Waals surface area contributed by atoms with Crippen molar-refractivity contribution in [1.29, 1.82) is 0 Å². The Morgan fingerprint density at radius 2 is 1.25 bits per heavy atom. The van der Waals surface area contributed by atoms with Crippen LogP contribution in [-0.4, -0.2) is 32.0 Å². The van der Waals surface area contributed by atoms with Crippen molar-refractivity contribution in [2.45, 2.75) is 37.7 Å². The Morgan fingerprint density at radius 1 is 0.765 bits per heavy atom. The summed E-state index contributed by atoms with van der Waals surface area (Å²) >= 11 is 0. The molecule has 1 heterocycles. The molecule has 0 spiro atoms. The fourth-order valence-corrected chi connectivity index (χ4v) is 6.90. The zero-order valence-electron chi connectivity index (χ0n) is 28.2. The van der Waals surface area contributed by atoms with Crippen molar-refractivity contribution < 1.29 is 28.8 Å². The van der Waals surface area contributed by atoms with Crippen molar-refractivity contribution in [2.24, 2.45) is 5.92 Å². The molecular formula is C43H38F2N2O4. The summed E-state index contributed by atoms with van der Waals surface area (Å²) < 4.78 is 29.9. The summed E-state index contributed by atoms with van der Waals surface area (Å²) in [6, 6.07) is 40.4. The zero-order valence-corrected chi connectivity index (χ0v) is 28.2. The molecule has 0 aliphatic rings. The molecule has 0 bridgehead atoms. The van der Waals surface area contributed by atoms with Gasteiger partial charge in [-0.15, -0.1) is 0 Å². The fraction of sp³-hybridized carbons (Fsp3) is 0.163. The summed E-state index contributed by atoms with van der Waals surface area (Å²) in [5.41, 5.74) is 3.53. The number of halogens is 2. The number of nitrogens with zero attached hydrogens (tertiary/aromatic N) is 2. The summed E-state index contributed by atoms with van der Waals surface area (Å²) in [6.45, 7) is 3.93. The Kier molecular flexibility index (Phi) is 10.7. The van der Waals surface area contributed by atoms with E-state index in [4.69, 9.17) is 4.98 Å². The number of aliphatic hydroxyl groups excluding tert-OH is 1. The van der Waals surface area contributed by atoms with Gasteiger partial charge in [-0.25, -0.2) is 18.6 Å². The van der Waals surface area contributed by atoms with E-state index in [0.29, 0.717) is 28.3 Å². The van der Waals surface area contributed by atoms with E-state index >= 15 is 0 Å². The zero-order chi connectivity index (χ0) is 36.0. The summed E-state index contributed by atoms with van der Waals surface area (Å²) in [6.07, 6.45) is 1.90. The van der Waals surface area contributed by atoms with Crippen LogP contribution in [0.15, 0.2) is 146 Å². The minimum atomic E-state index is -1.51. The molecule has 6 rings (SSSR count). The maximum atomic E-state index is 14.1. The molecule has 0 saturated heterocycles. The Labute approximate surface area is 295 Å². The van der Waals surface area contributed by atoms with Gasteiger partial charge in [0.1, 0.15) is 23.4 Å². The normalized spacial score (nSPS) is 13.0. The van der Waals surface area contributed by atoms with Crippen molar-refractivity contribution in [3.8, 4) is 22.5 Å². The molecule has 2 atom stereocenters. The van der Waals surface area contributed by atoms with Crippen LogP contribution in [-0.2, 0) is 21.5 Å². The van der Waals surface area contributed by atoms with Gasteiger partial charge in [-0.05, 0) is 77.7 Å². The van der Waals surface area contributed by atoms with E-state index in [1.165, 1.54) is 30.3 Å². The molecule has 8 heteroatoms. The van der Waals surface area contributed by atoms with Gasteiger partial charge >= 0.3 is 5.97 Å². The van der Waals surface area contributed by atoms with E-state index in [0.717, 1.165) is 16.7 Å². The predicted octanol–water partition coefficient (Wildman–Crippen LogP) is 9.31. The van der Waals surface area contributed by atoms with E-state index in [1.54, 1.807) is 35.0 Å². The topological polar surface area (TPSA) is 84.6 Å². The average molecular weight is 685 g/mol. The summed E-state index contributed by atoms with van der Waals surface area (Å²) in [5, 5.41) is 22.3. The molecule has 0 radical (unpaired) electrons. The molecule has 258 valence electrons. The number of aromatic nitrogens is 2. The van der Waals surface area contributed by atoms with Crippen LogP contribution in [0.1, 0.15) is 42.3 Å². The molecule has 1 aromatic heterocycles. The molecule has 51 heavy (non-hydrogen) atoms. The monoisotopic (exact) mass is 684 g/mol. The second-order valence-corrected chi connectivity index (χ2v) is 12.8. The first-order valence-electron chi connectivity index (χ1n) is 16.7. The molecule has 5 aromatic carbocycles. The molecule has 6 nitrogen and oxygen atoms in total. The summed E-state index contributed by atoms with van der Waals surface area (Å²) in [5.74, 6) is -2.68. The number of rotatable bonds is 12. The van der Waals surface area contributed by atoms with Crippen LogP contribution in [0.5, 0.6) is 0 Å². The van der Waals surface area contributed by atoms with Gasteiger partial charge in [0, 0.05) is 28.7 Å². The second kappa shape index (κ2) is 15.5. The van der Waals surface area contributed by atoms with Crippen LogP contribution in [0.3, 0.4) is 0 Å². The number of aliphatic hydroxyl groups is 1. The van der Waals surface area contributed by atoms with Crippen LogP contribution in [0, 0.1) is 17.6 Å². The first-order chi connectivity index (χ1) is 24.7. The molecule has 1 unspecified atom stereocenters. The first-order valence-corrected chi connectivity index (χ1v) is 16.7. The molecule has 6 aromatic rings. The van der Waals surface area contributed by atoms with Gasteiger partial charge in [0.05, 0.1) is 17.5 Å². The third-order valence-electron chi connectivity index (χ3n) is 9.24. The standard InChI is InChI=1S/C43H38F2N2O4/c1-29(2)41-46-39(31-18-22-35(44)23-19-31)40(32-20-24-36(45)25-21-32)47(41)27-26-37(48)38(42(49)51-50)43(33-14-8-4-9-15-33,34-16-10-5-11-17-34)28-30-12-6-3-7-13-30/h3-27,29,37-38,48,50H,28H2,1-2H3/t37-,38?/m0/s1. The SMILES string of the molecule is CC(C)c1nc(-c2ccc(F)cc2)c(-c2ccc(F)cc2)n1C=C[C@H](O)C(C(=O)OO)C(Cc1ccccc1)(c1ccccc1)c1ccccc1. The van der Waals surface area contributed by atoms with Gasteiger partial charge in [-0.1, -0.05) is 105 Å². The maximum absolute atomic E-state index is 14.1. The van der Waals surface area contributed by atoms with E-state index in [1.807, 2.05) is 105 Å². The van der Waals surface area contributed by atoms with Gasteiger partial charge in [0.15, 0.2) is 0 Å². The predicted molar refractivity (Wildman–Crippen MR) is 194 cm³/mol. The average Bonchev–Trinajstić information content (AvgIpc) is 3.55. The smallest absolute Gasteiger partial charge is 0.349 e. The van der Waals surface area contributed by atoms with Crippen molar-refractivity contribution in [2.75, 3.05) is 0 Å². The highest BCUT2D eigenvalue weighted by molar-refractivity contribution is 5.81. The van der Waals surface area contributed by atoms with Gasteiger partial charge in [0.2, 0.25) is 0 Å². The lowest BCUT2D eigenvalue weighted by Crippen LogP contribution is -2.49. The van der Waals surface area contributed by atoms with Crippen LogP contribution >= 0.6 is 0 Å². The molecular weight excluding hydrogens is 646 g/mol. The van der Waals surface area contributed by atoms with Gasteiger partial charge in [-0.2, -0.15) is 5.26 Å². The molecule has 0 saturated carbocycles. The van der Waals surface area contributed by atoms with Crippen molar-refractivity contribution >= 4 is 12.2 Å². The van der Waals surface area contributed by atoms with Crippen LogP contribution < -0.4 is 0 Å². The Balaban J connectivity index is 1.57. The molecule has 0 amide bonds. The number of hydrogen-bond acceptors (Lipinski definition) is 5. The van der Waals surface area contributed by atoms with Crippen molar-refractivity contribution in [3.05, 3.63) is 180 Å². The Morgan fingerprint density at radius 3 is 1.75 bits per heavy atom. The summed E-state index contributed by atoms with van der Waals surface area (Å²) in [7, 11) is 0. The van der Waals surface area contributed by atoms with E-state index in [9.17, 15) is 23.9 Å². The highest BCUT2D eigenvalue weighted by atomic mass is 19.1. The van der Waals surface area contributed by atoms with Crippen LogP contribution in [0.25, 0.3) is 28.7 Å². The lowest BCUT2D eigenvalue weighted by Gasteiger charge is -2.42. The lowest BCUT2D eigenvalue weighted by molar-refractivity contribution is -0.243. The molecule has 0 aliphatic heterocycles. The minimum Gasteiger partial charge on any atom is -0.388 e. The number of carbonyl (C=O) groups is 1. The largest absolute Gasteiger partial charge is 0.388 e. The first kappa shape index (κ1) is 35.1. The fourth-order valence-electron chi connectivity index (χ4n) is 6.90. The lowest BCUT2D eigenvalue weighted by atomic mass is 9.61. The van der Waals surface area contributed by atoms with E-state index in [-0.39, 0.29) is 12.3 Å². The quantitative estimate of drug-likeness (QED) is 0.0992.